The maximum absolute atomic E-state index is 12.6. The van der Waals surface area contributed by atoms with Gasteiger partial charge in [-0.15, -0.1) is 0 Å². The molecular weight excluding hydrogens is 356 g/mol. The molecule has 0 fully saturated rings. The van der Waals surface area contributed by atoms with E-state index in [9.17, 15) is 19.2 Å². The average molecular weight is 388 g/mol. The monoisotopic (exact) mass is 388 g/mol. The Labute approximate surface area is 159 Å². The first kappa shape index (κ1) is 24.8. The molecule has 0 saturated carbocycles. The average Bonchev–Trinajstić information content (AvgIpc) is 2.56. The molecule has 10 nitrogen and oxygen atoms in total. The van der Waals surface area contributed by atoms with Crippen molar-refractivity contribution >= 4 is 23.7 Å². The van der Waals surface area contributed by atoms with E-state index >= 15 is 0 Å². The molecule has 0 radical (unpaired) electrons. The fraction of sp³-hybridized carbons (Fsp3) is 0.765. The van der Waals surface area contributed by atoms with Gasteiger partial charge in [-0.2, -0.15) is 0 Å². The fourth-order valence-electron chi connectivity index (χ4n) is 2.22. The van der Waals surface area contributed by atoms with Crippen molar-refractivity contribution in [2.75, 3.05) is 6.61 Å². The van der Waals surface area contributed by atoms with Crippen LogP contribution in [0.15, 0.2) is 0 Å². The van der Waals surface area contributed by atoms with Gasteiger partial charge in [-0.1, -0.05) is 27.7 Å². The highest BCUT2D eigenvalue weighted by molar-refractivity contribution is 5.94. The van der Waals surface area contributed by atoms with Crippen LogP contribution in [-0.2, 0) is 19.2 Å². The molecule has 156 valence electrons. The summed E-state index contributed by atoms with van der Waals surface area (Å²) in [7, 11) is 0. The van der Waals surface area contributed by atoms with Crippen molar-refractivity contribution in [3.05, 3.63) is 0 Å². The highest BCUT2D eigenvalue weighted by atomic mass is 16.4. The number of hydrogen-bond acceptors (Lipinski definition) is 6. The zero-order chi connectivity index (χ0) is 21.3. The number of aliphatic hydroxyl groups excluding tert-OH is 1. The smallest absolute Gasteiger partial charge is 0.325 e. The number of carboxylic acid groups (broad SMARTS) is 1. The zero-order valence-corrected chi connectivity index (χ0v) is 16.5. The van der Waals surface area contributed by atoms with Crippen molar-refractivity contribution in [3.63, 3.8) is 0 Å². The first-order chi connectivity index (χ1) is 12.4. The second kappa shape index (κ2) is 11.5. The standard InChI is InChI=1S/C17H32N4O6/c1-8(2)6-12(15(24)19-10(5)17(26)27)20-16(25)13(9(3)4)21-14(23)11(18)7-22/h8-13,22H,6-7,18H2,1-5H3,(H,19,24)(H,20,25)(H,21,23)(H,26,27). The number of carbonyl (C=O) groups excluding carboxylic acids is 3. The van der Waals surface area contributed by atoms with E-state index in [0.717, 1.165) is 0 Å². The molecule has 0 aromatic rings. The summed E-state index contributed by atoms with van der Waals surface area (Å²) in [6.45, 7) is 7.88. The highest BCUT2D eigenvalue weighted by Crippen LogP contribution is 2.08. The molecule has 27 heavy (non-hydrogen) atoms. The van der Waals surface area contributed by atoms with Gasteiger partial charge in [0.15, 0.2) is 0 Å². The molecule has 4 atom stereocenters. The summed E-state index contributed by atoms with van der Waals surface area (Å²) in [5, 5.41) is 25.3. The van der Waals surface area contributed by atoms with E-state index in [1.54, 1.807) is 13.8 Å². The van der Waals surface area contributed by atoms with Crippen LogP contribution in [0, 0.1) is 11.8 Å². The third kappa shape index (κ3) is 8.83. The van der Waals surface area contributed by atoms with E-state index in [-0.39, 0.29) is 11.8 Å². The Morgan fingerprint density at radius 1 is 0.889 bits per heavy atom. The molecule has 0 aliphatic heterocycles. The molecule has 7 N–H and O–H groups in total. The lowest BCUT2D eigenvalue weighted by Crippen LogP contribution is -2.58. The maximum atomic E-state index is 12.6. The fourth-order valence-corrected chi connectivity index (χ4v) is 2.22. The largest absolute Gasteiger partial charge is 0.480 e. The Morgan fingerprint density at radius 3 is 1.85 bits per heavy atom. The normalized spacial score (nSPS) is 15.6. The molecule has 3 amide bonds. The predicted molar refractivity (Wildman–Crippen MR) is 98.5 cm³/mol. The number of nitrogens with one attached hydrogen (secondary N) is 3. The van der Waals surface area contributed by atoms with Gasteiger partial charge in [0.05, 0.1) is 6.61 Å². The van der Waals surface area contributed by atoms with Crippen LogP contribution in [0.1, 0.15) is 41.0 Å². The molecular formula is C17H32N4O6. The van der Waals surface area contributed by atoms with Crippen molar-refractivity contribution in [2.24, 2.45) is 17.6 Å². The van der Waals surface area contributed by atoms with Gasteiger partial charge in [0.1, 0.15) is 24.2 Å². The molecule has 0 saturated heterocycles. The molecule has 0 bridgehead atoms. The van der Waals surface area contributed by atoms with Crippen molar-refractivity contribution in [2.45, 2.75) is 65.2 Å². The molecule has 0 aromatic heterocycles. The first-order valence-electron chi connectivity index (χ1n) is 8.91. The lowest BCUT2D eigenvalue weighted by Gasteiger charge is -2.27. The minimum absolute atomic E-state index is 0.0519. The molecule has 10 heteroatoms. The van der Waals surface area contributed by atoms with Gasteiger partial charge in [-0.25, -0.2) is 0 Å². The van der Waals surface area contributed by atoms with Crippen LogP contribution in [0.2, 0.25) is 0 Å². The third-order valence-electron chi connectivity index (χ3n) is 3.85. The van der Waals surface area contributed by atoms with Crippen LogP contribution in [0.3, 0.4) is 0 Å². The number of amides is 3. The van der Waals surface area contributed by atoms with Crippen LogP contribution >= 0.6 is 0 Å². The number of hydrogen-bond donors (Lipinski definition) is 6. The summed E-state index contributed by atoms with van der Waals surface area (Å²) >= 11 is 0. The van der Waals surface area contributed by atoms with Gasteiger partial charge in [0.2, 0.25) is 17.7 Å². The molecule has 0 aromatic carbocycles. The zero-order valence-electron chi connectivity index (χ0n) is 16.5. The number of aliphatic carboxylic acids is 1. The highest BCUT2D eigenvalue weighted by Gasteiger charge is 2.31. The Morgan fingerprint density at radius 2 is 1.44 bits per heavy atom. The van der Waals surface area contributed by atoms with Crippen molar-refractivity contribution in [1.29, 1.82) is 0 Å². The van der Waals surface area contributed by atoms with Gasteiger partial charge in [-0.3, -0.25) is 19.2 Å². The van der Waals surface area contributed by atoms with E-state index in [2.05, 4.69) is 16.0 Å². The number of aliphatic hydroxyl groups is 1. The summed E-state index contributed by atoms with van der Waals surface area (Å²) in [4.78, 5) is 47.8. The van der Waals surface area contributed by atoms with E-state index in [4.69, 9.17) is 15.9 Å². The van der Waals surface area contributed by atoms with Gasteiger partial charge in [-0.05, 0) is 25.2 Å². The van der Waals surface area contributed by atoms with Gasteiger partial charge >= 0.3 is 5.97 Å². The van der Waals surface area contributed by atoms with E-state index in [1.807, 2.05) is 13.8 Å². The van der Waals surface area contributed by atoms with Crippen LogP contribution in [0.25, 0.3) is 0 Å². The lowest BCUT2D eigenvalue weighted by molar-refractivity contribution is -0.142. The maximum Gasteiger partial charge on any atom is 0.325 e. The molecule has 0 rings (SSSR count). The first-order valence-corrected chi connectivity index (χ1v) is 8.91. The molecule has 0 aliphatic rings. The summed E-state index contributed by atoms with van der Waals surface area (Å²) in [5.41, 5.74) is 5.45. The quantitative estimate of drug-likeness (QED) is 0.252. The van der Waals surface area contributed by atoms with Crippen molar-refractivity contribution in [3.8, 4) is 0 Å². The SMILES string of the molecule is CC(C)CC(NC(=O)C(NC(=O)C(N)CO)C(C)C)C(=O)NC(C)C(=O)O. The second-order valence-corrected chi connectivity index (χ2v) is 7.28. The Kier molecular flexibility index (Phi) is 10.6. The van der Waals surface area contributed by atoms with Gasteiger partial charge < -0.3 is 31.9 Å². The Hall–Kier alpha value is -2.20. The van der Waals surface area contributed by atoms with Crippen molar-refractivity contribution < 1.29 is 29.4 Å². The molecule has 0 aliphatic carbocycles. The van der Waals surface area contributed by atoms with E-state index < -0.39 is 54.5 Å². The van der Waals surface area contributed by atoms with Crippen molar-refractivity contribution in [1.82, 2.24) is 16.0 Å². The summed E-state index contributed by atoms with van der Waals surface area (Å²) in [6, 6.07) is -4.18. The Bertz CT molecular complexity index is 538. The van der Waals surface area contributed by atoms with Crippen LogP contribution in [0.4, 0.5) is 0 Å². The summed E-state index contributed by atoms with van der Waals surface area (Å²) < 4.78 is 0. The van der Waals surface area contributed by atoms with E-state index in [0.29, 0.717) is 6.42 Å². The number of carbonyl (C=O) groups is 4. The predicted octanol–water partition coefficient (Wildman–Crippen LogP) is -1.43. The van der Waals surface area contributed by atoms with Crippen LogP contribution < -0.4 is 21.7 Å². The lowest BCUT2D eigenvalue weighted by atomic mass is 9.99. The van der Waals surface area contributed by atoms with E-state index in [1.165, 1.54) is 6.92 Å². The molecule has 4 unspecified atom stereocenters. The second-order valence-electron chi connectivity index (χ2n) is 7.28. The van der Waals surface area contributed by atoms with Gasteiger partial charge in [0.25, 0.3) is 0 Å². The summed E-state index contributed by atoms with van der Waals surface area (Å²) in [5.74, 6) is -3.34. The molecule has 0 heterocycles. The number of carboxylic acids is 1. The van der Waals surface area contributed by atoms with Crippen LogP contribution in [0.5, 0.6) is 0 Å². The topological polar surface area (TPSA) is 171 Å². The number of rotatable bonds is 11. The third-order valence-corrected chi connectivity index (χ3v) is 3.85. The van der Waals surface area contributed by atoms with Crippen LogP contribution in [-0.4, -0.2) is 64.7 Å². The Balaban J connectivity index is 5.24. The molecule has 0 spiro atoms. The minimum Gasteiger partial charge on any atom is -0.480 e. The minimum atomic E-state index is -1.19. The number of nitrogens with two attached hydrogens (primary N) is 1. The van der Waals surface area contributed by atoms with Gasteiger partial charge in [0, 0.05) is 0 Å². The summed E-state index contributed by atoms with van der Waals surface area (Å²) in [6.07, 6.45) is 0.291.